The van der Waals surface area contributed by atoms with Crippen LogP contribution in [0, 0.1) is 5.82 Å². The number of amides is 4. The number of anilines is 2. The molecule has 0 aliphatic carbocycles. The van der Waals surface area contributed by atoms with Crippen LogP contribution in [0.25, 0.3) is 6.08 Å². The lowest BCUT2D eigenvalue weighted by Gasteiger charge is -2.45. The number of nitrogens with one attached hydrogen (secondary N) is 1. The minimum atomic E-state index is -0.871. The largest absolute Gasteiger partial charge is 0.494 e. The van der Waals surface area contributed by atoms with Crippen molar-refractivity contribution in [3.63, 3.8) is 0 Å². The fraction of sp³-hybridized carbons (Fsp3) is 0.346. The average Bonchev–Trinajstić information content (AvgIpc) is 2.76. The number of halogens is 1. The molecule has 1 saturated heterocycles. The summed E-state index contributed by atoms with van der Waals surface area (Å²) in [4.78, 5) is 41.2. The molecular weight excluding hydrogens is 437 g/mol. The summed E-state index contributed by atoms with van der Waals surface area (Å²) < 4.78 is 20.6. The molecule has 7 nitrogen and oxygen atoms in total. The average molecular weight is 466 g/mol. The fourth-order valence-electron chi connectivity index (χ4n) is 4.64. The smallest absolute Gasteiger partial charge is 0.335 e. The van der Waals surface area contributed by atoms with Crippen LogP contribution in [-0.4, -0.2) is 37.0 Å². The highest BCUT2D eigenvalue weighted by atomic mass is 19.1. The predicted molar refractivity (Wildman–Crippen MR) is 129 cm³/mol. The van der Waals surface area contributed by atoms with Gasteiger partial charge in [0.25, 0.3) is 11.8 Å². The van der Waals surface area contributed by atoms with Crippen molar-refractivity contribution in [1.29, 1.82) is 0 Å². The summed E-state index contributed by atoms with van der Waals surface area (Å²) in [5, 5.41) is 2.18. The maximum Gasteiger partial charge on any atom is 0.335 e. The third-order valence-corrected chi connectivity index (χ3v) is 6.54. The lowest BCUT2D eigenvalue weighted by molar-refractivity contribution is -0.122. The first-order chi connectivity index (χ1) is 16.0. The van der Waals surface area contributed by atoms with E-state index in [1.165, 1.54) is 18.2 Å². The third kappa shape index (κ3) is 4.04. The highest BCUT2D eigenvalue weighted by Gasteiger charge is 2.38. The van der Waals surface area contributed by atoms with Gasteiger partial charge in [0, 0.05) is 29.9 Å². The van der Waals surface area contributed by atoms with Gasteiger partial charge in [0.1, 0.15) is 17.1 Å². The molecule has 0 aromatic heterocycles. The van der Waals surface area contributed by atoms with Gasteiger partial charge < -0.3 is 9.64 Å². The summed E-state index contributed by atoms with van der Waals surface area (Å²) in [7, 11) is 1.93. The van der Waals surface area contributed by atoms with Gasteiger partial charge in [-0.1, -0.05) is 13.0 Å². The van der Waals surface area contributed by atoms with Gasteiger partial charge in [0.15, 0.2) is 0 Å². The minimum absolute atomic E-state index is 0.120. The van der Waals surface area contributed by atoms with Crippen molar-refractivity contribution in [2.75, 3.05) is 23.5 Å². The number of urea groups is 1. The number of benzene rings is 2. The van der Waals surface area contributed by atoms with Crippen LogP contribution in [0.4, 0.5) is 20.6 Å². The minimum Gasteiger partial charge on any atom is -0.494 e. The van der Waals surface area contributed by atoms with Crippen LogP contribution in [0.1, 0.15) is 51.2 Å². The van der Waals surface area contributed by atoms with Crippen LogP contribution in [0.5, 0.6) is 5.75 Å². The molecule has 0 bridgehead atoms. The Labute approximate surface area is 198 Å². The first-order valence-corrected chi connectivity index (χ1v) is 11.2. The van der Waals surface area contributed by atoms with E-state index in [0.717, 1.165) is 22.6 Å². The molecule has 1 atom stereocenters. The Morgan fingerprint density at radius 2 is 1.94 bits per heavy atom. The molecule has 1 unspecified atom stereocenters. The molecule has 4 rings (SSSR count). The van der Waals surface area contributed by atoms with Gasteiger partial charge in [-0.2, -0.15) is 0 Å². The quantitative estimate of drug-likeness (QED) is 0.527. The lowest BCUT2D eigenvalue weighted by Crippen LogP contribution is -2.54. The van der Waals surface area contributed by atoms with Gasteiger partial charge >= 0.3 is 6.03 Å². The molecule has 1 N–H and O–H groups in total. The summed E-state index contributed by atoms with van der Waals surface area (Å²) in [6.07, 6.45) is 2.08. The predicted octanol–water partition coefficient (Wildman–Crippen LogP) is 4.61. The number of carbonyl (C=O) groups excluding carboxylic acids is 3. The molecule has 0 spiro atoms. The van der Waals surface area contributed by atoms with Crippen molar-refractivity contribution in [2.45, 2.75) is 45.6 Å². The second kappa shape index (κ2) is 8.59. The number of rotatable bonds is 4. The number of fused-ring (bicyclic) bond motifs is 1. The number of hydrogen-bond acceptors (Lipinski definition) is 5. The molecule has 2 aliphatic rings. The van der Waals surface area contributed by atoms with Crippen molar-refractivity contribution in [2.24, 2.45) is 0 Å². The molecule has 2 aromatic rings. The first-order valence-electron chi connectivity index (χ1n) is 11.2. The van der Waals surface area contributed by atoms with Crippen molar-refractivity contribution < 1.29 is 23.5 Å². The summed E-state index contributed by atoms with van der Waals surface area (Å²) in [5.74, 6) is -1.61. The van der Waals surface area contributed by atoms with Gasteiger partial charge in [0.2, 0.25) is 0 Å². The van der Waals surface area contributed by atoms with Crippen molar-refractivity contribution in [1.82, 2.24) is 5.32 Å². The molecule has 2 heterocycles. The molecule has 2 aliphatic heterocycles. The molecule has 0 radical (unpaired) electrons. The van der Waals surface area contributed by atoms with Crippen LogP contribution in [-0.2, 0) is 9.59 Å². The van der Waals surface area contributed by atoms with Gasteiger partial charge in [0.05, 0.1) is 12.3 Å². The Hall–Kier alpha value is -3.68. The van der Waals surface area contributed by atoms with Crippen molar-refractivity contribution in [3.05, 3.63) is 58.9 Å². The fourth-order valence-corrected chi connectivity index (χ4v) is 4.64. The maximum absolute atomic E-state index is 15.2. The lowest BCUT2D eigenvalue weighted by atomic mass is 9.80. The molecule has 34 heavy (non-hydrogen) atoms. The molecule has 8 heteroatoms. The number of hydrogen-bond donors (Lipinski definition) is 1. The van der Waals surface area contributed by atoms with E-state index in [1.807, 2.05) is 18.9 Å². The Bertz CT molecular complexity index is 1220. The van der Waals surface area contributed by atoms with Crippen LogP contribution in [0.2, 0.25) is 0 Å². The zero-order valence-electron chi connectivity index (χ0n) is 19.9. The normalized spacial score (nSPS) is 20.9. The number of ether oxygens (including phenoxy) is 1. The van der Waals surface area contributed by atoms with Crippen molar-refractivity contribution >= 4 is 35.3 Å². The summed E-state index contributed by atoms with van der Waals surface area (Å²) in [5.41, 5.74) is 1.64. The second-order valence-electron chi connectivity index (χ2n) is 9.30. The topological polar surface area (TPSA) is 79.0 Å². The molecule has 178 valence electrons. The number of barbiturate groups is 1. The Morgan fingerprint density at radius 1 is 1.21 bits per heavy atom. The van der Waals surface area contributed by atoms with Gasteiger partial charge in [-0.3, -0.25) is 14.9 Å². The zero-order valence-corrected chi connectivity index (χ0v) is 19.9. The molecular formula is C26H28FN3O4. The van der Waals surface area contributed by atoms with E-state index in [0.29, 0.717) is 12.4 Å². The van der Waals surface area contributed by atoms with E-state index in [4.69, 9.17) is 4.74 Å². The SMILES string of the molecule is CCOc1cccc(N2C(=O)NC(=O)/C(=C/c3cc4c(cc3F)N(C)C(C)(C)CC4C)C2=O)c1. The molecule has 4 amide bonds. The van der Waals surface area contributed by atoms with E-state index in [1.54, 1.807) is 24.3 Å². The summed E-state index contributed by atoms with van der Waals surface area (Å²) >= 11 is 0. The Balaban J connectivity index is 1.75. The van der Waals surface area contributed by atoms with E-state index < -0.39 is 23.7 Å². The van der Waals surface area contributed by atoms with E-state index >= 15 is 4.39 Å². The first kappa shape index (κ1) is 23.5. The van der Waals surface area contributed by atoms with E-state index in [2.05, 4.69) is 26.1 Å². The zero-order chi connectivity index (χ0) is 24.8. The van der Waals surface area contributed by atoms with E-state index in [9.17, 15) is 14.4 Å². The second-order valence-corrected chi connectivity index (χ2v) is 9.30. The van der Waals surface area contributed by atoms with Gasteiger partial charge in [-0.05, 0) is 69.0 Å². The van der Waals surface area contributed by atoms with E-state index in [-0.39, 0.29) is 28.3 Å². The van der Waals surface area contributed by atoms with Crippen molar-refractivity contribution in [3.8, 4) is 5.75 Å². The number of carbonyl (C=O) groups is 3. The highest BCUT2D eigenvalue weighted by molar-refractivity contribution is 6.39. The molecule has 2 aromatic carbocycles. The van der Waals surface area contributed by atoms with Gasteiger partial charge in [-0.25, -0.2) is 14.1 Å². The number of imide groups is 2. The Morgan fingerprint density at radius 3 is 2.65 bits per heavy atom. The standard InChI is InChI=1S/C26H28FN3O4/c1-6-34-18-9-7-8-17(12-18)30-24(32)20(23(31)28-25(30)33)11-16-10-19-15(2)14-26(3,4)29(5)22(19)13-21(16)27/h7-13,15H,6,14H2,1-5H3,(H,28,31,33)/b20-11-. The molecule has 1 fully saturated rings. The highest BCUT2D eigenvalue weighted by Crippen LogP contribution is 2.43. The van der Waals surface area contributed by atoms with Crippen LogP contribution >= 0.6 is 0 Å². The monoisotopic (exact) mass is 465 g/mol. The maximum atomic E-state index is 15.2. The molecule has 0 saturated carbocycles. The van der Waals surface area contributed by atoms with Crippen LogP contribution in [0.15, 0.2) is 42.0 Å². The van der Waals surface area contributed by atoms with Gasteiger partial charge in [-0.15, -0.1) is 0 Å². The summed E-state index contributed by atoms with van der Waals surface area (Å²) in [6, 6.07) is 8.69. The van der Waals surface area contributed by atoms with Crippen LogP contribution < -0.4 is 19.9 Å². The third-order valence-electron chi connectivity index (χ3n) is 6.54. The summed E-state index contributed by atoms with van der Waals surface area (Å²) in [6.45, 7) is 8.52. The number of nitrogens with zero attached hydrogens (tertiary/aromatic N) is 2. The van der Waals surface area contributed by atoms with Crippen LogP contribution in [0.3, 0.4) is 0 Å². The Kier molecular flexibility index (Phi) is 5.93.